The molecule has 2 fully saturated rings. The summed E-state index contributed by atoms with van der Waals surface area (Å²) < 4.78 is 19.4. The highest BCUT2D eigenvalue weighted by molar-refractivity contribution is 6.07. The van der Waals surface area contributed by atoms with E-state index in [1.165, 1.54) is 23.1 Å². The molecule has 3 aliphatic rings. The van der Waals surface area contributed by atoms with E-state index in [4.69, 9.17) is 4.74 Å². The van der Waals surface area contributed by atoms with Gasteiger partial charge in [0.15, 0.2) is 5.54 Å². The quantitative estimate of drug-likeness (QED) is 0.559. The molecule has 8 heteroatoms. The van der Waals surface area contributed by atoms with E-state index in [0.29, 0.717) is 30.9 Å². The van der Waals surface area contributed by atoms with Crippen LogP contribution in [-0.4, -0.2) is 65.7 Å². The normalized spacial score (nSPS) is 25.2. The van der Waals surface area contributed by atoms with E-state index < -0.39 is 17.4 Å². The SMILES string of the molecule is O=C1NC2(CCOc3ccc(F)cc32)C(=O)N1CCCCCN1CCC(O)CC1. The van der Waals surface area contributed by atoms with Gasteiger partial charge in [0.1, 0.15) is 11.6 Å². The molecule has 1 aromatic rings. The van der Waals surface area contributed by atoms with Crippen molar-refractivity contribution in [2.45, 2.75) is 50.2 Å². The first-order valence-corrected chi connectivity index (χ1v) is 10.5. The molecule has 4 rings (SSSR count). The van der Waals surface area contributed by atoms with Gasteiger partial charge < -0.3 is 20.1 Å². The van der Waals surface area contributed by atoms with Gasteiger partial charge in [-0.15, -0.1) is 0 Å². The number of carbonyl (C=O) groups excluding carboxylic acids is 2. The summed E-state index contributed by atoms with van der Waals surface area (Å²) in [5.41, 5.74) is -0.821. The van der Waals surface area contributed by atoms with Gasteiger partial charge >= 0.3 is 6.03 Å². The summed E-state index contributed by atoms with van der Waals surface area (Å²) in [6.07, 6.45) is 4.43. The number of fused-ring (bicyclic) bond motifs is 2. The van der Waals surface area contributed by atoms with Crippen LogP contribution in [0.25, 0.3) is 0 Å². The summed E-state index contributed by atoms with van der Waals surface area (Å²) in [7, 11) is 0. The first kappa shape index (κ1) is 20.1. The number of hydrogen-bond acceptors (Lipinski definition) is 5. The van der Waals surface area contributed by atoms with Crippen molar-refractivity contribution in [3.8, 4) is 5.75 Å². The minimum Gasteiger partial charge on any atom is -0.493 e. The Labute approximate surface area is 169 Å². The third-order valence-corrected chi connectivity index (χ3v) is 6.22. The number of rotatable bonds is 6. The molecule has 7 nitrogen and oxygen atoms in total. The molecular formula is C21H28FN3O4. The standard InChI is InChI=1S/C21H28FN3O4/c22-15-4-5-18-17(14-15)21(8-13-29-18)19(27)25(20(28)23-21)10-3-1-2-9-24-11-6-16(26)7-12-24/h4-5,14,16,26H,1-3,6-13H2,(H,23,28). The van der Waals surface area contributed by atoms with E-state index in [-0.39, 0.29) is 12.0 Å². The zero-order valence-corrected chi connectivity index (χ0v) is 16.5. The maximum atomic E-state index is 13.8. The number of urea groups is 1. The van der Waals surface area contributed by atoms with E-state index >= 15 is 0 Å². The fraction of sp³-hybridized carbons (Fsp3) is 0.619. The molecule has 3 heterocycles. The van der Waals surface area contributed by atoms with Gasteiger partial charge in [0, 0.05) is 31.6 Å². The Bertz CT molecular complexity index is 781. The Hall–Kier alpha value is -2.19. The molecule has 0 radical (unpaired) electrons. The van der Waals surface area contributed by atoms with Gasteiger partial charge in [-0.2, -0.15) is 0 Å². The van der Waals surface area contributed by atoms with Gasteiger partial charge in [-0.25, -0.2) is 9.18 Å². The molecule has 3 aliphatic heterocycles. The number of ether oxygens (including phenoxy) is 1. The molecule has 29 heavy (non-hydrogen) atoms. The van der Waals surface area contributed by atoms with Gasteiger partial charge in [0.25, 0.3) is 5.91 Å². The van der Waals surface area contributed by atoms with Crippen molar-refractivity contribution in [3.63, 3.8) is 0 Å². The van der Waals surface area contributed by atoms with Crippen LogP contribution in [0.4, 0.5) is 9.18 Å². The van der Waals surface area contributed by atoms with Crippen molar-refractivity contribution in [1.29, 1.82) is 0 Å². The smallest absolute Gasteiger partial charge is 0.325 e. The minimum atomic E-state index is -1.22. The second-order valence-corrected chi connectivity index (χ2v) is 8.16. The predicted molar refractivity (Wildman–Crippen MR) is 104 cm³/mol. The number of piperidine rings is 1. The van der Waals surface area contributed by atoms with Gasteiger partial charge in [-0.05, 0) is 50.4 Å². The maximum Gasteiger partial charge on any atom is 0.325 e. The summed E-state index contributed by atoms with van der Waals surface area (Å²) in [5, 5.41) is 12.4. The van der Waals surface area contributed by atoms with Gasteiger partial charge in [-0.1, -0.05) is 6.42 Å². The summed E-state index contributed by atoms with van der Waals surface area (Å²) >= 11 is 0. The van der Waals surface area contributed by atoms with E-state index in [1.807, 2.05) is 0 Å². The molecule has 1 spiro atoms. The lowest BCUT2D eigenvalue weighted by Crippen LogP contribution is -2.47. The lowest BCUT2D eigenvalue weighted by Gasteiger charge is -2.33. The topological polar surface area (TPSA) is 82.1 Å². The first-order chi connectivity index (χ1) is 14.0. The van der Waals surface area contributed by atoms with Crippen molar-refractivity contribution in [1.82, 2.24) is 15.1 Å². The highest BCUT2D eigenvalue weighted by atomic mass is 19.1. The lowest BCUT2D eigenvalue weighted by molar-refractivity contribution is -0.132. The molecule has 0 aromatic heterocycles. The average molecular weight is 405 g/mol. The number of carbonyl (C=O) groups is 2. The number of imide groups is 1. The Morgan fingerprint density at radius 3 is 2.72 bits per heavy atom. The molecule has 2 N–H and O–H groups in total. The Morgan fingerprint density at radius 2 is 1.93 bits per heavy atom. The van der Waals surface area contributed by atoms with Crippen LogP contribution in [0.1, 0.15) is 44.1 Å². The van der Waals surface area contributed by atoms with Gasteiger partial charge in [0.05, 0.1) is 12.7 Å². The minimum absolute atomic E-state index is 0.165. The molecule has 158 valence electrons. The van der Waals surface area contributed by atoms with Crippen LogP contribution in [0.5, 0.6) is 5.75 Å². The fourth-order valence-electron chi connectivity index (χ4n) is 4.52. The number of halogens is 1. The fourth-order valence-corrected chi connectivity index (χ4v) is 4.52. The summed E-state index contributed by atoms with van der Waals surface area (Å²) in [6, 6.07) is 3.66. The second-order valence-electron chi connectivity index (χ2n) is 8.16. The number of nitrogens with one attached hydrogen (secondary N) is 1. The Morgan fingerprint density at radius 1 is 1.17 bits per heavy atom. The van der Waals surface area contributed by atoms with Crippen LogP contribution in [0, 0.1) is 5.82 Å². The molecule has 3 amide bonds. The molecule has 2 saturated heterocycles. The highest BCUT2D eigenvalue weighted by Crippen LogP contribution is 2.41. The number of amides is 3. The lowest BCUT2D eigenvalue weighted by atomic mass is 9.84. The van der Waals surface area contributed by atoms with Crippen LogP contribution in [0.2, 0.25) is 0 Å². The first-order valence-electron chi connectivity index (χ1n) is 10.5. The van der Waals surface area contributed by atoms with E-state index in [9.17, 15) is 19.1 Å². The Balaban J connectivity index is 1.32. The number of unbranched alkanes of at least 4 members (excludes halogenated alkanes) is 2. The third-order valence-electron chi connectivity index (χ3n) is 6.22. The van der Waals surface area contributed by atoms with E-state index in [2.05, 4.69) is 10.2 Å². The monoisotopic (exact) mass is 405 g/mol. The van der Waals surface area contributed by atoms with E-state index in [1.54, 1.807) is 0 Å². The number of benzene rings is 1. The van der Waals surface area contributed by atoms with Crippen LogP contribution >= 0.6 is 0 Å². The summed E-state index contributed by atoms with van der Waals surface area (Å²) in [5.74, 6) is -0.332. The number of aliphatic hydroxyl groups is 1. The molecule has 0 saturated carbocycles. The second kappa shape index (κ2) is 8.28. The number of likely N-dealkylation sites (tertiary alicyclic amines) is 1. The van der Waals surface area contributed by atoms with Crippen LogP contribution in [-0.2, 0) is 10.3 Å². The zero-order valence-electron chi connectivity index (χ0n) is 16.5. The molecule has 0 aliphatic carbocycles. The van der Waals surface area contributed by atoms with Crippen LogP contribution in [0.15, 0.2) is 18.2 Å². The van der Waals surface area contributed by atoms with E-state index in [0.717, 1.165) is 51.7 Å². The van der Waals surface area contributed by atoms with Gasteiger partial charge in [-0.3, -0.25) is 9.69 Å². The highest BCUT2D eigenvalue weighted by Gasteiger charge is 2.54. The van der Waals surface area contributed by atoms with Crippen molar-refractivity contribution in [2.24, 2.45) is 0 Å². The number of aliphatic hydroxyl groups excluding tert-OH is 1. The van der Waals surface area contributed by atoms with Crippen LogP contribution < -0.4 is 10.1 Å². The van der Waals surface area contributed by atoms with Crippen molar-refractivity contribution in [3.05, 3.63) is 29.6 Å². The van der Waals surface area contributed by atoms with Gasteiger partial charge in [0.2, 0.25) is 0 Å². The van der Waals surface area contributed by atoms with Crippen molar-refractivity contribution < 1.29 is 23.8 Å². The third kappa shape index (κ3) is 3.96. The summed E-state index contributed by atoms with van der Waals surface area (Å²) in [4.78, 5) is 29.3. The largest absolute Gasteiger partial charge is 0.493 e. The average Bonchev–Trinajstić information content (AvgIpc) is 2.94. The predicted octanol–water partition coefficient (Wildman–Crippen LogP) is 1.98. The zero-order chi connectivity index (χ0) is 20.4. The number of hydrogen-bond donors (Lipinski definition) is 2. The Kier molecular flexibility index (Phi) is 5.74. The van der Waals surface area contributed by atoms with Crippen molar-refractivity contribution in [2.75, 3.05) is 32.8 Å². The maximum absolute atomic E-state index is 13.8. The molecule has 1 unspecified atom stereocenters. The van der Waals surface area contributed by atoms with Crippen LogP contribution in [0.3, 0.4) is 0 Å². The molecule has 1 atom stereocenters. The molecule has 1 aromatic carbocycles. The van der Waals surface area contributed by atoms with Crippen molar-refractivity contribution >= 4 is 11.9 Å². The molecular weight excluding hydrogens is 377 g/mol. The summed E-state index contributed by atoms with van der Waals surface area (Å²) in [6.45, 7) is 3.48. The number of nitrogens with zero attached hydrogens (tertiary/aromatic N) is 2. The molecule has 0 bridgehead atoms.